The minimum atomic E-state index is -0.361. The van der Waals surface area contributed by atoms with Gasteiger partial charge in [0.15, 0.2) is 0 Å². The van der Waals surface area contributed by atoms with E-state index >= 15 is 0 Å². The van der Waals surface area contributed by atoms with Crippen LogP contribution in [0.25, 0.3) is 0 Å². The van der Waals surface area contributed by atoms with Crippen LogP contribution < -0.4 is 4.90 Å². The Balaban J connectivity index is 2.02. The molecule has 3 rings (SSSR count). The molecule has 0 spiro atoms. The van der Waals surface area contributed by atoms with Crippen molar-refractivity contribution >= 4 is 11.6 Å². The van der Waals surface area contributed by atoms with E-state index in [0.717, 1.165) is 37.8 Å². The summed E-state index contributed by atoms with van der Waals surface area (Å²) in [5.41, 5.74) is 2.26. The van der Waals surface area contributed by atoms with Crippen LogP contribution in [0.3, 0.4) is 0 Å². The van der Waals surface area contributed by atoms with E-state index in [1.165, 1.54) is 5.56 Å². The van der Waals surface area contributed by atoms with E-state index in [2.05, 4.69) is 6.07 Å². The summed E-state index contributed by atoms with van der Waals surface area (Å²) in [5.74, 6) is 0.172. The number of benzene rings is 1. The fourth-order valence-corrected chi connectivity index (χ4v) is 3.23. The lowest BCUT2D eigenvalue weighted by Gasteiger charge is -2.31. The first-order valence-electron chi connectivity index (χ1n) is 6.85. The van der Waals surface area contributed by atoms with Crippen molar-refractivity contribution in [1.82, 2.24) is 0 Å². The molecule has 96 valence electrons. The predicted octanol–water partition coefficient (Wildman–Crippen LogP) is 2.27. The van der Waals surface area contributed by atoms with E-state index in [1.807, 2.05) is 23.1 Å². The highest BCUT2D eigenvalue weighted by atomic mass is 16.3. The second kappa shape index (κ2) is 4.73. The Morgan fingerprint density at radius 3 is 2.72 bits per heavy atom. The molecule has 1 fully saturated rings. The molecular formula is C15H19NO2. The summed E-state index contributed by atoms with van der Waals surface area (Å²) in [7, 11) is 0. The van der Waals surface area contributed by atoms with Crippen LogP contribution in [0.2, 0.25) is 0 Å². The van der Waals surface area contributed by atoms with Crippen molar-refractivity contribution in [2.24, 2.45) is 0 Å². The van der Waals surface area contributed by atoms with Crippen LogP contribution in [0.4, 0.5) is 5.69 Å². The van der Waals surface area contributed by atoms with Crippen LogP contribution in [0.1, 0.15) is 37.7 Å². The van der Waals surface area contributed by atoms with Gasteiger partial charge in [0, 0.05) is 12.1 Å². The Bertz CT molecular complexity index is 458. The van der Waals surface area contributed by atoms with E-state index in [9.17, 15) is 9.90 Å². The van der Waals surface area contributed by atoms with Gasteiger partial charge in [0.1, 0.15) is 0 Å². The van der Waals surface area contributed by atoms with Crippen LogP contribution in [-0.2, 0) is 11.2 Å². The topological polar surface area (TPSA) is 40.5 Å². The number of amides is 1. The first-order chi connectivity index (χ1) is 8.77. The molecule has 0 radical (unpaired) electrons. The third kappa shape index (κ3) is 1.93. The average Bonchev–Trinajstić information content (AvgIpc) is 2.71. The van der Waals surface area contributed by atoms with Crippen LogP contribution in [-0.4, -0.2) is 23.2 Å². The third-order valence-electron chi connectivity index (χ3n) is 4.13. The average molecular weight is 245 g/mol. The van der Waals surface area contributed by atoms with Gasteiger partial charge in [-0.15, -0.1) is 0 Å². The number of nitrogens with zero attached hydrogens (tertiary/aromatic N) is 1. The van der Waals surface area contributed by atoms with Gasteiger partial charge in [0.2, 0.25) is 5.91 Å². The molecule has 3 heteroatoms. The second-order valence-electron chi connectivity index (χ2n) is 5.31. The van der Waals surface area contributed by atoms with Crippen LogP contribution >= 0.6 is 0 Å². The lowest BCUT2D eigenvalue weighted by atomic mass is 10.1. The summed E-state index contributed by atoms with van der Waals surface area (Å²) in [6.45, 7) is 0. The van der Waals surface area contributed by atoms with Crippen molar-refractivity contribution in [2.45, 2.75) is 50.7 Å². The van der Waals surface area contributed by atoms with E-state index in [-0.39, 0.29) is 18.1 Å². The Labute approximate surface area is 107 Å². The number of hydrogen-bond acceptors (Lipinski definition) is 2. The highest BCUT2D eigenvalue weighted by Gasteiger charge is 2.36. The largest absolute Gasteiger partial charge is 0.391 e. The number of carbonyl (C=O) groups is 1. The molecule has 0 saturated heterocycles. The number of hydrogen-bond donors (Lipinski definition) is 1. The minimum absolute atomic E-state index is 0.0169. The molecule has 0 unspecified atom stereocenters. The van der Waals surface area contributed by atoms with Gasteiger partial charge in [0.05, 0.1) is 12.1 Å². The monoisotopic (exact) mass is 245 g/mol. The molecule has 1 heterocycles. The van der Waals surface area contributed by atoms with Gasteiger partial charge >= 0.3 is 0 Å². The molecule has 3 nitrogen and oxygen atoms in total. The van der Waals surface area contributed by atoms with E-state index in [0.29, 0.717) is 6.42 Å². The summed E-state index contributed by atoms with van der Waals surface area (Å²) >= 11 is 0. The van der Waals surface area contributed by atoms with Crippen molar-refractivity contribution in [1.29, 1.82) is 0 Å². The molecule has 1 N–H and O–H groups in total. The highest BCUT2D eigenvalue weighted by Crippen LogP contribution is 2.34. The van der Waals surface area contributed by atoms with Crippen LogP contribution in [0.15, 0.2) is 24.3 Å². The Morgan fingerprint density at radius 2 is 1.94 bits per heavy atom. The lowest BCUT2D eigenvalue weighted by molar-refractivity contribution is -0.119. The maximum Gasteiger partial charge on any atom is 0.227 e. The fourth-order valence-electron chi connectivity index (χ4n) is 3.23. The van der Waals surface area contributed by atoms with Crippen LogP contribution in [0, 0.1) is 0 Å². The zero-order chi connectivity index (χ0) is 12.5. The van der Waals surface area contributed by atoms with E-state index < -0.39 is 0 Å². The van der Waals surface area contributed by atoms with Crippen molar-refractivity contribution in [3.8, 4) is 0 Å². The maximum atomic E-state index is 12.3. The van der Waals surface area contributed by atoms with Crippen molar-refractivity contribution < 1.29 is 9.90 Å². The minimum Gasteiger partial charge on any atom is -0.391 e. The SMILES string of the molecule is O=C1CCCc2ccccc2N1[C@H]1CCC[C@@H]1O. The lowest BCUT2D eigenvalue weighted by Crippen LogP contribution is -2.44. The van der Waals surface area contributed by atoms with Gasteiger partial charge in [-0.2, -0.15) is 0 Å². The Kier molecular flexibility index (Phi) is 3.08. The maximum absolute atomic E-state index is 12.3. The molecule has 18 heavy (non-hydrogen) atoms. The van der Waals surface area contributed by atoms with Gasteiger partial charge in [-0.1, -0.05) is 18.2 Å². The molecule has 2 aliphatic rings. The van der Waals surface area contributed by atoms with Gasteiger partial charge in [-0.25, -0.2) is 0 Å². The number of aliphatic hydroxyl groups is 1. The molecular weight excluding hydrogens is 226 g/mol. The number of fused-ring (bicyclic) bond motifs is 1. The molecule has 2 atom stereocenters. The number of anilines is 1. The number of aryl methyl sites for hydroxylation is 1. The summed E-state index contributed by atoms with van der Waals surface area (Å²) in [6.07, 6.45) is 4.85. The number of rotatable bonds is 1. The van der Waals surface area contributed by atoms with E-state index in [4.69, 9.17) is 0 Å². The summed E-state index contributed by atoms with van der Waals surface area (Å²) in [6, 6.07) is 8.10. The number of carbonyl (C=O) groups excluding carboxylic acids is 1. The Hall–Kier alpha value is -1.35. The smallest absolute Gasteiger partial charge is 0.227 e. The van der Waals surface area contributed by atoms with Crippen molar-refractivity contribution in [2.75, 3.05) is 4.90 Å². The summed E-state index contributed by atoms with van der Waals surface area (Å²) in [5, 5.41) is 10.1. The summed E-state index contributed by atoms with van der Waals surface area (Å²) < 4.78 is 0. The zero-order valence-corrected chi connectivity index (χ0v) is 10.5. The molecule has 0 bridgehead atoms. The zero-order valence-electron chi connectivity index (χ0n) is 10.5. The molecule has 1 aliphatic heterocycles. The first-order valence-corrected chi connectivity index (χ1v) is 6.85. The standard InChI is InChI=1S/C15H19NO2/c17-14-9-4-8-13(14)16-12-7-2-1-5-11(12)6-3-10-15(16)18/h1-2,5,7,13-14,17H,3-4,6,8-10H2/t13-,14-/m0/s1. The Morgan fingerprint density at radius 1 is 1.11 bits per heavy atom. The molecule has 1 aromatic carbocycles. The van der Waals surface area contributed by atoms with Crippen molar-refractivity contribution in [3.05, 3.63) is 29.8 Å². The van der Waals surface area contributed by atoms with Gasteiger partial charge < -0.3 is 10.0 Å². The van der Waals surface area contributed by atoms with E-state index in [1.54, 1.807) is 0 Å². The molecule has 1 amide bonds. The molecule has 1 saturated carbocycles. The molecule has 1 aromatic rings. The van der Waals surface area contributed by atoms with Crippen LogP contribution in [0.5, 0.6) is 0 Å². The van der Waals surface area contributed by atoms with Gasteiger partial charge in [-0.3, -0.25) is 4.79 Å². The van der Waals surface area contributed by atoms with Gasteiger partial charge in [-0.05, 0) is 43.7 Å². The predicted molar refractivity (Wildman–Crippen MR) is 70.5 cm³/mol. The molecule has 0 aromatic heterocycles. The van der Waals surface area contributed by atoms with Crippen molar-refractivity contribution in [3.63, 3.8) is 0 Å². The first kappa shape index (κ1) is 11.7. The van der Waals surface area contributed by atoms with Gasteiger partial charge in [0.25, 0.3) is 0 Å². The fraction of sp³-hybridized carbons (Fsp3) is 0.533. The number of para-hydroxylation sites is 1. The quantitative estimate of drug-likeness (QED) is 0.824. The normalized spacial score (nSPS) is 28.1. The third-order valence-corrected chi connectivity index (χ3v) is 4.13. The highest BCUT2D eigenvalue weighted by molar-refractivity contribution is 5.95. The summed E-state index contributed by atoms with van der Waals surface area (Å²) in [4.78, 5) is 14.2. The number of aliphatic hydroxyl groups excluding tert-OH is 1. The molecule has 1 aliphatic carbocycles. The second-order valence-corrected chi connectivity index (χ2v) is 5.31.